The fraction of sp³-hybridized carbons (Fsp3) is 0. The number of aromatic nitrogens is 2. The Labute approximate surface area is 89.5 Å². The van der Waals surface area contributed by atoms with Crippen LogP contribution in [0.4, 0.5) is 5.82 Å². The fourth-order valence-electron chi connectivity index (χ4n) is 1.38. The SMILES string of the molecule is O=[N+]([O-])c1cn(O)c(-c2ccccc2)[n+]1[O-]. The smallest absolute Gasteiger partial charge is 0.534 e. The summed E-state index contributed by atoms with van der Waals surface area (Å²) < 4.78 is 0.524. The maximum atomic E-state index is 11.5. The van der Waals surface area contributed by atoms with Crippen LogP contribution in [0.3, 0.4) is 0 Å². The van der Waals surface area contributed by atoms with Gasteiger partial charge in [0.1, 0.15) is 4.92 Å². The summed E-state index contributed by atoms with van der Waals surface area (Å²) in [6, 6.07) is 8.19. The molecule has 2 aromatic rings. The van der Waals surface area contributed by atoms with Gasteiger partial charge in [0.25, 0.3) is 0 Å². The summed E-state index contributed by atoms with van der Waals surface area (Å²) in [6.07, 6.45) is 0.759. The molecule has 16 heavy (non-hydrogen) atoms. The first-order valence-electron chi connectivity index (χ1n) is 4.35. The van der Waals surface area contributed by atoms with E-state index in [9.17, 15) is 20.5 Å². The van der Waals surface area contributed by atoms with E-state index in [1.54, 1.807) is 30.3 Å². The lowest BCUT2D eigenvalue weighted by Gasteiger charge is -1.98. The van der Waals surface area contributed by atoms with E-state index in [1.165, 1.54) is 0 Å². The van der Waals surface area contributed by atoms with Gasteiger partial charge in [-0.25, -0.2) is 0 Å². The van der Waals surface area contributed by atoms with Crippen LogP contribution in [0.5, 0.6) is 0 Å². The largest absolute Gasteiger partial charge is 0.612 e. The summed E-state index contributed by atoms with van der Waals surface area (Å²) in [6.45, 7) is 0. The Kier molecular flexibility index (Phi) is 2.20. The van der Waals surface area contributed by atoms with Gasteiger partial charge in [-0.05, 0) is 12.1 Å². The zero-order chi connectivity index (χ0) is 11.7. The van der Waals surface area contributed by atoms with Gasteiger partial charge in [-0.2, -0.15) is 0 Å². The van der Waals surface area contributed by atoms with Gasteiger partial charge in [-0.15, -0.1) is 4.73 Å². The maximum Gasteiger partial charge on any atom is 0.534 e. The summed E-state index contributed by atoms with van der Waals surface area (Å²) in [4.78, 5) is 9.62. The van der Waals surface area contributed by atoms with E-state index in [0.717, 1.165) is 6.20 Å². The van der Waals surface area contributed by atoms with E-state index >= 15 is 0 Å². The van der Waals surface area contributed by atoms with E-state index in [4.69, 9.17) is 0 Å². The molecule has 0 saturated carbocycles. The van der Waals surface area contributed by atoms with Crippen LogP contribution < -0.4 is 4.73 Å². The lowest BCUT2D eigenvalue weighted by Crippen LogP contribution is -2.30. The molecule has 1 aromatic carbocycles. The maximum absolute atomic E-state index is 11.5. The van der Waals surface area contributed by atoms with Crippen molar-refractivity contribution < 1.29 is 14.9 Å². The average molecular weight is 221 g/mol. The van der Waals surface area contributed by atoms with E-state index in [0.29, 0.717) is 10.3 Å². The van der Waals surface area contributed by atoms with Crippen molar-refractivity contribution in [2.75, 3.05) is 0 Å². The zero-order valence-electron chi connectivity index (χ0n) is 7.98. The third-order valence-electron chi connectivity index (χ3n) is 2.07. The highest BCUT2D eigenvalue weighted by Gasteiger charge is 2.29. The fourth-order valence-corrected chi connectivity index (χ4v) is 1.38. The summed E-state index contributed by atoms with van der Waals surface area (Å²) in [5.74, 6) is -0.909. The Morgan fingerprint density at radius 1 is 1.31 bits per heavy atom. The van der Waals surface area contributed by atoms with E-state index < -0.39 is 10.7 Å². The Morgan fingerprint density at radius 3 is 2.44 bits per heavy atom. The number of benzene rings is 1. The van der Waals surface area contributed by atoms with Crippen LogP contribution in [0.15, 0.2) is 36.5 Å². The molecule has 1 heterocycles. The number of hydrogen-bond acceptors (Lipinski definition) is 4. The summed E-state index contributed by atoms with van der Waals surface area (Å²) >= 11 is 0. The molecule has 0 aliphatic rings. The van der Waals surface area contributed by atoms with Crippen molar-refractivity contribution in [1.82, 2.24) is 4.73 Å². The molecule has 82 valence electrons. The molecule has 0 unspecified atom stereocenters. The molecule has 0 atom stereocenters. The second kappa shape index (κ2) is 3.54. The molecular formula is C9H7N3O4. The van der Waals surface area contributed by atoms with Gasteiger partial charge in [0.05, 0.1) is 5.56 Å². The standard InChI is InChI=1S/C9H7N3O4/c13-10-6-8(12(15)16)11(14)9(10)7-4-2-1-3-5-7/h1-6,13H. The van der Waals surface area contributed by atoms with E-state index in [-0.39, 0.29) is 10.6 Å². The minimum absolute atomic E-state index is 0.0787. The third kappa shape index (κ3) is 1.44. The van der Waals surface area contributed by atoms with Gasteiger partial charge in [-0.3, -0.25) is 10.1 Å². The molecule has 0 radical (unpaired) electrons. The van der Waals surface area contributed by atoms with Gasteiger partial charge in [0.15, 0.2) is 0 Å². The Balaban J connectivity index is 2.63. The van der Waals surface area contributed by atoms with Crippen molar-refractivity contribution in [3.63, 3.8) is 0 Å². The van der Waals surface area contributed by atoms with Crippen molar-refractivity contribution in [2.24, 2.45) is 0 Å². The molecular weight excluding hydrogens is 214 g/mol. The average Bonchev–Trinajstić information content (AvgIpc) is 2.56. The van der Waals surface area contributed by atoms with E-state index in [1.807, 2.05) is 0 Å². The topological polar surface area (TPSA) is 95.2 Å². The molecule has 0 aliphatic carbocycles. The minimum atomic E-state index is -0.855. The van der Waals surface area contributed by atoms with Crippen LogP contribution in [0.25, 0.3) is 11.4 Å². The number of nitrogens with zero attached hydrogens (tertiary/aromatic N) is 3. The predicted molar refractivity (Wildman–Crippen MR) is 52.7 cm³/mol. The molecule has 0 fully saturated rings. The summed E-state index contributed by atoms with van der Waals surface area (Å²) in [5.41, 5.74) is 0.396. The highest BCUT2D eigenvalue weighted by atomic mass is 16.6. The Bertz CT molecular complexity index is 535. The van der Waals surface area contributed by atoms with Crippen molar-refractivity contribution in [3.05, 3.63) is 51.9 Å². The van der Waals surface area contributed by atoms with Crippen LogP contribution in [0.2, 0.25) is 0 Å². The molecule has 0 spiro atoms. The van der Waals surface area contributed by atoms with Gasteiger partial charge in [0.2, 0.25) is 6.20 Å². The molecule has 0 saturated heterocycles. The van der Waals surface area contributed by atoms with Crippen molar-refractivity contribution in [1.29, 1.82) is 0 Å². The Hall–Kier alpha value is -2.57. The lowest BCUT2D eigenvalue weighted by atomic mass is 10.2. The predicted octanol–water partition coefficient (Wildman–Crippen LogP) is 0.934. The van der Waals surface area contributed by atoms with Crippen molar-refractivity contribution in [2.45, 2.75) is 0 Å². The summed E-state index contributed by atoms with van der Waals surface area (Å²) in [7, 11) is 0. The Morgan fingerprint density at radius 2 is 1.94 bits per heavy atom. The van der Waals surface area contributed by atoms with E-state index in [2.05, 4.69) is 0 Å². The van der Waals surface area contributed by atoms with Crippen LogP contribution in [-0.4, -0.2) is 14.9 Å². The molecule has 7 nitrogen and oxygen atoms in total. The zero-order valence-corrected chi connectivity index (χ0v) is 7.98. The van der Waals surface area contributed by atoms with Crippen molar-refractivity contribution >= 4 is 5.82 Å². The second-order valence-corrected chi connectivity index (χ2v) is 3.07. The number of nitro groups is 1. The first kappa shape index (κ1) is 9.97. The first-order valence-corrected chi connectivity index (χ1v) is 4.35. The number of rotatable bonds is 2. The van der Waals surface area contributed by atoms with Crippen LogP contribution in [-0.2, 0) is 0 Å². The van der Waals surface area contributed by atoms with Gasteiger partial charge < -0.3 is 10.4 Å². The number of imidazole rings is 1. The van der Waals surface area contributed by atoms with Gasteiger partial charge in [-0.1, -0.05) is 22.9 Å². The minimum Gasteiger partial charge on any atom is -0.612 e. The molecule has 0 aliphatic heterocycles. The normalized spacial score (nSPS) is 10.2. The number of hydrogen-bond donors (Lipinski definition) is 1. The van der Waals surface area contributed by atoms with Gasteiger partial charge in [0, 0.05) is 0 Å². The highest BCUT2D eigenvalue weighted by Crippen LogP contribution is 2.18. The van der Waals surface area contributed by atoms with Crippen LogP contribution in [0, 0.1) is 15.3 Å². The monoisotopic (exact) mass is 221 g/mol. The molecule has 0 bridgehead atoms. The van der Waals surface area contributed by atoms with Crippen LogP contribution >= 0.6 is 0 Å². The molecule has 2 rings (SSSR count). The third-order valence-corrected chi connectivity index (χ3v) is 2.07. The van der Waals surface area contributed by atoms with Crippen molar-refractivity contribution in [3.8, 4) is 11.4 Å². The molecule has 1 N–H and O–H groups in total. The first-order chi connectivity index (χ1) is 7.61. The molecule has 7 heteroatoms. The quantitative estimate of drug-likeness (QED) is 0.268. The summed E-state index contributed by atoms with van der Waals surface area (Å²) in [5, 5.41) is 31.4. The second-order valence-electron chi connectivity index (χ2n) is 3.07. The highest BCUT2D eigenvalue weighted by molar-refractivity contribution is 5.52. The van der Waals surface area contributed by atoms with Gasteiger partial charge >= 0.3 is 11.6 Å². The molecule has 0 amide bonds. The molecule has 1 aromatic heterocycles. The van der Waals surface area contributed by atoms with Crippen LogP contribution in [0.1, 0.15) is 0 Å². The lowest BCUT2D eigenvalue weighted by molar-refractivity contribution is -0.654.